The first-order valence-electron chi connectivity index (χ1n) is 10.9. The number of nitrogens with zero attached hydrogens (tertiary/aromatic N) is 1. The second kappa shape index (κ2) is 12.8. The summed E-state index contributed by atoms with van der Waals surface area (Å²) in [5, 5.41) is 15.7. The van der Waals surface area contributed by atoms with Crippen LogP contribution in [0.2, 0.25) is 0 Å². The number of aromatic hydroxyl groups is 1. The van der Waals surface area contributed by atoms with E-state index in [2.05, 4.69) is 17.6 Å². The second-order valence-electron chi connectivity index (χ2n) is 8.40. The monoisotopic (exact) mass is 435 g/mol. The van der Waals surface area contributed by atoms with Gasteiger partial charge in [0.1, 0.15) is 23.9 Å². The van der Waals surface area contributed by atoms with Gasteiger partial charge in [-0.2, -0.15) is 0 Å². The number of unbranched alkanes of at least 4 members (excludes halogenated alkanes) is 2. The van der Waals surface area contributed by atoms with E-state index in [1.54, 1.807) is 39.0 Å². The highest BCUT2D eigenvalue weighted by Gasteiger charge is 2.32. The number of hydrogen-bond acceptors (Lipinski definition) is 5. The molecule has 0 aliphatic rings. The normalized spacial score (nSPS) is 12.0. The minimum Gasteiger partial charge on any atom is -0.508 e. The molecule has 1 unspecified atom stereocenters. The third-order valence-corrected chi connectivity index (χ3v) is 4.44. The number of amides is 3. The van der Waals surface area contributed by atoms with Gasteiger partial charge in [-0.05, 0) is 39.7 Å². The van der Waals surface area contributed by atoms with Gasteiger partial charge in [0, 0.05) is 18.7 Å². The standard InChI is InChI=1S/C23H37N3O5/c1-6-8-11-14-24-21(29)20(17-12-9-10-13-18(17)27)26(15-7-2)19(28)16-25-22(30)31-23(3,4)5/h9-10,12-13,20,27H,6-8,11,14-16H2,1-5H3,(H,24,29)(H,25,30). The minimum absolute atomic E-state index is 0.0646. The Morgan fingerprint density at radius 3 is 2.32 bits per heavy atom. The van der Waals surface area contributed by atoms with Crippen molar-refractivity contribution >= 4 is 17.9 Å². The first-order chi connectivity index (χ1) is 14.6. The maximum atomic E-state index is 13.1. The number of hydrogen-bond donors (Lipinski definition) is 3. The molecule has 0 radical (unpaired) electrons. The first-order valence-corrected chi connectivity index (χ1v) is 10.9. The van der Waals surface area contributed by atoms with Crippen LogP contribution in [0, 0.1) is 0 Å². The fourth-order valence-electron chi connectivity index (χ4n) is 3.05. The highest BCUT2D eigenvalue weighted by molar-refractivity contribution is 5.90. The van der Waals surface area contributed by atoms with Crippen molar-refractivity contribution in [2.75, 3.05) is 19.6 Å². The molecule has 1 atom stereocenters. The molecule has 1 rings (SSSR count). The highest BCUT2D eigenvalue weighted by atomic mass is 16.6. The third kappa shape index (κ3) is 9.27. The molecule has 0 saturated heterocycles. The summed E-state index contributed by atoms with van der Waals surface area (Å²) in [6.45, 7) is 9.62. The predicted molar refractivity (Wildman–Crippen MR) is 120 cm³/mol. The topological polar surface area (TPSA) is 108 Å². The van der Waals surface area contributed by atoms with E-state index < -0.39 is 23.6 Å². The van der Waals surface area contributed by atoms with Gasteiger partial charge in [0.05, 0.1) is 0 Å². The molecule has 1 aromatic carbocycles. The van der Waals surface area contributed by atoms with Gasteiger partial charge in [0.25, 0.3) is 0 Å². The second-order valence-corrected chi connectivity index (χ2v) is 8.40. The summed E-state index contributed by atoms with van der Waals surface area (Å²) < 4.78 is 5.18. The van der Waals surface area contributed by atoms with Crippen LogP contribution >= 0.6 is 0 Å². The third-order valence-electron chi connectivity index (χ3n) is 4.44. The van der Waals surface area contributed by atoms with E-state index in [9.17, 15) is 19.5 Å². The van der Waals surface area contributed by atoms with Crippen LogP contribution in [0.5, 0.6) is 5.75 Å². The quantitative estimate of drug-likeness (QED) is 0.461. The lowest BCUT2D eigenvalue weighted by Crippen LogP contribution is -2.48. The van der Waals surface area contributed by atoms with E-state index in [-0.39, 0.29) is 24.7 Å². The number of alkyl carbamates (subject to hydrolysis) is 1. The number of rotatable bonds is 11. The molecule has 8 nitrogen and oxygen atoms in total. The van der Waals surface area contributed by atoms with Gasteiger partial charge in [-0.25, -0.2) is 4.79 Å². The molecule has 3 N–H and O–H groups in total. The Morgan fingerprint density at radius 1 is 1.06 bits per heavy atom. The van der Waals surface area contributed by atoms with Crippen molar-refractivity contribution in [1.29, 1.82) is 0 Å². The Bertz CT molecular complexity index is 730. The lowest BCUT2D eigenvalue weighted by molar-refractivity contribution is -0.140. The fraction of sp³-hybridized carbons (Fsp3) is 0.609. The lowest BCUT2D eigenvalue weighted by Gasteiger charge is -2.31. The maximum absolute atomic E-state index is 13.1. The number of carbonyl (C=O) groups is 3. The Kier molecular flexibility index (Phi) is 10.9. The van der Waals surface area contributed by atoms with Gasteiger partial charge in [0.15, 0.2) is 0 Å². The summed E-state index contributed by atoms with van der Waals surface area (Å²) in [7, 11) is 0. The van der Waals surface area contributed by atoms with Crippen LogP contribution in [0.3, 0.4) is 0 Å². The number of nitrogens with one attached hydrogen (secondary N) is 2. The fourth-order valence-corrected chi connectivity index (χ4v) is 3.05. The smallest absolute Gasteiger partial charge is 0.408 e. The van der Waals surface area contributed by atoms with Crippen molar-refractivity contribution in [1.82, 2.24) is 15.5 Å². The number of carbonyl (C=O) groups excluding carboxylic acids is 3. The average molecular weight is 436 g/mol. The summed E-state index contributed by atoms with van der Waals surface area (Å²) in [6, 6.07) is 5.48. The SMILES string of the molecule is CCCCCNC(=O)C(c1ccccc1O)N(CCC)C(=O)CNC(=O)OC(C)(C)C. The molecule has 3 amide bonds. The molecule has 0 heterocycles. The molecule has 0 aliphatic carbocycles. The molecule has 1 aromatic rings. The van der Waals surface area contributed by atoms with Crippen LogP contribution in [0.15, 0.2) is 24.3 Å². The van der Waals surface area contributed by atoms with Crippen molar-refractivity contribution in [3.63, 3.8) is 0 Å². The highest BCUT2D eigenvalue weighted by Crippen LogP contribution is 2.29. The predicted octanol–water partition coefficient (Wildman–Crippen LogP) is 3.50. The lowest BCUT2D eigenvalue weighted by atomic mass is 10.0. The van der Waals surface area contributed by atoms with E-state index in [0.717, 1.165) is 19.3 Å². The van der Waals surface area contributed by atoms with Crippen LogP contribution in [0.4, 0.5) is 4.79 Å². The summed E-state index contributed by atoms with van der Waals surface area (Å²) in [5.74, 6) is -0.869. The van der Waals surface area contributed by atoms with E-state index in [1.165, 1.54) is 11.0 Å². The van der Waals surface area contributed by atoms with Crippen LogP contribution in [-0.2, 0) is 14.3 Å². The Morgan fingerprint density at radius 2 is 1.74 bits per heavy atom. The van der Waals surface area contributed by atoms with E-state index in [0.29, 0.717) is 18.5 Å². The first kappa shape index (κ1) is 26.3. The van der Waals surface area contributed by atoms with E-state index >= 15 is 0 Å². The molecule has 8 heteroatoms. The maximum Gasteiger partial charge on any atom is 0.408 e. The number of ether oxygens (including phenoxy) is 1. The Labute approximate surface area is 185 Å². The molecule has 0 bridgehead atoms. The average Bonchev–Trinajstić information content (AvgIpc) is 2.69. The van der Waals surface area contributed by atoms with Crippen molar-refractivity contribution in [3.05, 3.63) is 29.8 Å². The summed E-state index contributed by atoms with van der Waals surface area (Å²) in [5.41, 5.74) is -0.345. The van der Waals surface area contributed by atoms with Crippen molar-refractivity contribution < 1.29 is 24.2 Å². The minimum atomic E-state index is -1.00. The van der Waals surface area contributed by atoms with Crippen LogP contribution < -0.4 is 10.6 Å². The molecule has 0 fully saturated rings. The Balaban J connectivity index is 3.06. The van der Waals surface area contributed by atoms with Gasteiger partial charge < -0.3 is 25.4 Å². The molecule has 0 spiro atoms. The molecule has 0 aliphatic heterocycles. The molecule has 31 heavy (non-hydrogen) atoms. The van der Waals surface area contributed by atoms with Crippen LogP contribution in [-0.4, -0.2) is 53.1 Å². The van der Waals surface area contributed by atoms with E-state index in [4.69, 9.17) is 4.74 Å². The van der Waals surface area contributed by atoms with Crippen LogP contribution in [0.25, 0.3) is 0 Å². The zero-order chi connectivity index (χ0) is 23.4. The van der Waals surface area contributed by atoms with Crippen molar-refractivity contribution in [2.24, 2.45) is 0 Å². The zero-order valence-corrected chi connectivity index (χ0v) is 19.4. The largest absolute Gasteiger partial charge is 0.508 e. The van der Waals surface area contributed by atoms with Gasteiger partial charge in [0.2, 0.25) is 11.8 Å². The summed E-state index contributed by atoms with van der Waals surface area (Å²) >= 11 is 0. The Hall–Kier alpha value is -2.77. The molecule has 0 aromatic heterocycles. The number of phenols is 1. The number of benzene rings is 1. The van der Waals surface area contributed by atoms with Crippen LogP contribution in [0.1, 0.15) is 71.9 Å². The van der Waals surface area contributed by atoms with Gasteiger partial charge >= 0.3 is 6.09 Å². The molecule has 0 saturated carbocycles. The van der Waals surface area contributed by atoms with Gasteiger partial charge in [-0.15, -0.1) is 0 Å². The van der Waals surface area contributed by atoms with Gasteiger partial charge in [-0.1, -0.05) is 44.9 Å². The van der Waals surface area contributed by atoms with Gasteiger partial charge in [-0.3, -0.25) is 9.59 Å². The van der Waals surface area contributed by atoms with Crippen molar-refractivity contribution in [3.8, 4) is 5.75 Å². The molecular weight excluding hydrogens is 398 g/mol. The molecule has 174 valence electrons. The molecular formula is C23H37N3O5. The summed E-state index contributed by atoms with van der Waals surface area (Å²) in [6.07, 6.45) is 2.73. The number of phenolic OH excluding ortho intramolecular Hbond substituents is 1. The number of para-hydroxylation sites is 1. The van der Waals surface area contributed by atoms with Crippen molar-refractivity contribution in [2.45, 2.75) is 71.9 Å². The summed E-state index contributed by atoms with van der Waals surface area (Å²) in [4.78, 5) is 39.4. The zero-order valence-electron chi connectivity index (χ0n) is 19.4. The van der Waals surface area contributed by atoms with E-state index in [1.807, 2.05) is 6.92 Å².